The van der Waals surface area contributed by atoms with Crippen LogP contribution in [0.3, 0.4) is 0 Å². The van der Waals surface area contributed by atoms with Crippen molar-refractivity contribution in [3.8, 4) is 0 Å². The van der Waals surface area contributed by atoms with Gasteiger partial charge in [0.25, 0.3) is 0 Å². The van der Waals surface area contributed by atoms with Gasteiger partial charge in [-0.15, -0.1) is 0 Å². The molecule has 2 aromatic carbocycles. The van der Waals surface area contributed by atoms with Crippen molar-refractivity contribution in [2.75, 3.05) is 0 Å². The number of nitrogens with two attached hydrogens (primary N) is 1. The second kappa shape index (κ2) is 5.59. The lowest BCUT2D eigenvalue weighted by Crippen LogP contribution is -2.04. The van der Waals surface area contributed by atoms with Crippen molar-refractivity contribution in [3.05, 3.63) is 59.2 Å². The largest absolute Gasteiger partial charge is 0.324 e. The summed E-state index contributed by atoms with van der Waals surface area (Å²) in [6.45, 7) is 6.30. The van der Waals surface area contributed by atoms with Gasteiger partial charge < -0.3 is 5.73 Å². The molecule has 2 N–H and O–H groups in total. The van der Waals surface area contributed by atoms with Crippen LogP contribution in [0, 0.1) is 13.8 Å². The Labute approximate surface area is 113 Å². The molecule has 0 saturated heterocycles. The zero-order valence-electron chi connectivity index (χ0n) is 11.1. The first-order valence-corrected chi connectivity index (χ1v) is 6.98. The summed E-state index contributed by atoms with van der Waals surface area (Å²) in [4.78, 5) is 2.54. The van der Waals surface area contributed by atoms with Gasteiger partial charge in [-0.3, -0.25) is 0 Å². The molecule has 0 radical (unpaired) electrons. The van der Waals surface area contributed by atoms with Gasteiger partial charge in [-0.25, -0.2) is 0 Å². The average molecular weight is 257 g/mol. The van der Waals surface area contributed by atoms with Crippen LogP contribution in [-0.4, -0.2) is 0 Å². The van der Waals surface area contributed by atoms with Crippen LogP contribution in [-0.2, 0) is 0 Å². The van der Waals surface area contributed by atoms with Crippen LogP contribution in [0.15, 0.2) is 52.3 Å². The highest BCUT2D eigenvalue weighted by molar-refractivity contribution is 7.99. The molecule has 18 heavy (non-hydrogen) atoms. The molecule has 2 rings (SSSR count). The van der Waals surface area contributed by atoms with Gasteiger partial charge in [0.2, 0.25) is 0 Å². The Morgan fingerprint density at radius 1 is 0.889 bits per heavy atom. The van der Waals surface area contributed by atoms with E-state index in [1.54, 1.807) is 11.8 Å². The minimum Gasteiger partial charge on any atom is -0.324 e. The number of hydrogen-bond donors (Lipinski definition) is 1. The van der Waals surface area contributed by atoms with Crippen LogP contribution in [0.25, 0.3) is 0 Å². The molecule has 0 aliphatic carbocycles. The first-order chi connectivity index (χ1) is 8.56. The highest BCUT2D eigenvalue weighted by Crippen LogP contribution is 2.29. The lowest BCUT2D eigenvalue weighted by Gasteiger charge is -2.08. The number of hydrogen-bond acceptors (Lipinski definition) is 2. The van der Waals surface area contributed by atoms with E-state index in [1.807, 2.05) is 6.92 Å². The van der Waals surface area contributed by atoms with E-state index in [4.69, 9.17) is 5.73 Å². The Morgan fingerprint density at radius 2 is 1.50 bits per heavy atom. The van der Waals surface area contributed by atoms with Crippen LogP contribution < -0.4 is 5.73 Å². The molecule has 94 valence electrons. The Morgan fingerprint density at radius 3 is 2.06 bits per heavy atom. The first-order valence-electron chi connectivity index (χ1n) is 6.17. The lowest BCUT2D eigenvalue weighted by molar-refractivity contribution is 0.817. The Balaban J connectivity index is 2.15. The van der Waals surface area contributed by atoms with Gasteiger partial charge in [0.1, 0.15) is 0 Å². The van der Waals surface area contributed by atoms with Gasteiger partial charge in [0, 0.05) is 15.8 Å². The molecule has 0 aromatic heterocycles. The molecule has 1 atom stereocenters. The SMILES string of the molecule is Cc1ccc(Sc2ccc([C@H](C)N)cc2)cc1C. The molecule has 0 spiro atoms. The van der Waals surface area contributed by atoms with Gasteiger partial charge >= 0.3 is 0 Å². The highest BCUT2D eigenvalue weighted by Gasteiger charge is 2.02. The summed E-state index contributed by atoms with van der Waals surface area (Å²) in [5, 5.41) is 0. The zero-order valence-corrected chi connectivity index (χ0v) is 11.9. The van der Waals surface area contributed by atoms with Crippen LogP contribution in [0.5, 0.6) is 0 Å². The van der Waals surface area contributed by atoms with Crippen molar-refractivity contribution in [1.82, 2.24) is 0 Å². The summed E-state index contributed by atoms with van der Waals surface area (Å²) in [6.07, 6.45) is 0. The van der Waals surface area contributed by atoms with E-state index in [9.17, 15) is 0 Å². The van der Waals surface area contributed by atoms with Crippen molar-refractivity contribution in [1.29, 1.82) is 0 Å². The third-order valence-corrected chi connectivity index (χ3v) is 4.12. The third kappa shape index (κ3) is 3.15. The second-order valence-corrected chi connectivity index (χ2v) is 5.85. The Bertz CT molecular complexity index is 529. The van der Waals surface area contributed by atoms with E-state index in [-0.39, 0.29) is 6.04 Å². The second-order valence-electron chi connectivity index (χ2n) is 4.71. The van der Waals surface area contributed by atoms with E-state index < -0.39 is 0 Å². The van der Waals surface area contributed by atoms with Crippen molar-refractivity contribution >= 4 is 11.8 Å². The molecule has 2 aromatic rings. The predicted molar refractivity (Wildman–Crippen MR) is 79.1 cm³/mol. The molecule has 0 bridgehead atoms. The monoisotopic (exact) mass is 257 g/mol. The van der Waals surface area contributed by atoms with Crippen molar-refractivity contribution in [2.45, 2.75) is 36.6 Å². The molecule has 0 heterocycles. The molecular weight excluding hydrogens is 238 g/mol. The van der Waals surface area contributed by atoms with E-state index in [0.29, 0.717) is 0 Å². The van der Waals surface area contributed by atoms with Gasteiger partial charge in [0.05, 0.1) is 0 Å². The molecule has 0 aliphatic rings. The Hall–Kier alpha value is -1.25. The zero-order chi connectivity index (χ0) is 13.1. The van der Waals surface area contributed by atoms with Gasteiger partial charge in [0.15, 0.2) is 0 Å². The molecule has 0 unspecified atom stereocenters. The minimum absolute atomic E-state index is 0.102. The highest BCUT2D eigenvalue weighted by atomic mass is 32.2. The van der Waals surface area contributed by atoms with Crippen LogP contribution >= 0.6 is 11.8 Å². The summed E-state index contributed by atoms with van der Waals surface area (Å²) < 4.78 is 0. The minimum atomic E-state index is 0.102. The maximum atomic E-state index is 5.85. The maximum Gasteiger partial charge on any atom is 0.0266 e. The van der Waals surface area contributed by atoms with Gasteiger partial charge in [-0.1, -0.05) is 30.0 Å². The fourth-order valence-electron chi connectivity index (χ4n) is 1.75. The lowest BCUT2D eigenvalue weighted by atomic mass is 10.1. The number of benzene rings is 2. The van der Waals surface area contributed by atoms with E-state index >= 15 is 0 Å². The van der Waals surface area contributed by atoms with E-state index in [0.717, 1.165) is 0 Å². The van der Waals surface area contributed by atoms with Crippen LogP contribution in [0.2, 0.25) is 0 Å². The van der Waals surface area contributed by atoms with E-state index in [2.05, 4.69) is 56.3 Å². The smallest absolute Gasteiger partial charge is 0.0266 e. The molecule has 0 fully saturated rings. The molecular formula is C16H19NS. The molecule has 2 heteroatoms. The number of rotatable bonds is 3. The summed E-state index contributed by atoms with van der Waals surface area (Å²) in [5.74, 6) is 0. The Kier molecular flexibility index (Phi) is 4.10. The van der Waals surface area contributed by atoms with Gasteiger partial charge in [-0.2, -0.15) is 0 Å². The third-order valence-electron chi connectivity index (χ3n) is 3.12. The summed E-state index contributed by atoms with van der Waals surface area (Å²) in [6, 6.07) is 15.2. The van der Waals surface area contributed by atoms with Gasteiger partial charge in [-0.05, 0) is 61.7 Å². The normalized spacial score (nSPS) is 12.4. The fraction of sp³-hybridized carbons (Fsp3) is 0.250. The molecule has 0 saturated carbocycles. The quantitative estimate of drug-likeness (QED) is 0.877. The number of aryl methyl sites for hydroxylation is 2. The maximum absolute atomic E-state index is 5.85. The summed E-state index contributed by atoms with van der Waals surface area (Å²) >= 11 is 1.79. The molecule has 0 amide bonds. The topological polar surface area (TPSA) is 26.0 Å². The standard InChI is InChI=1S/C16H19NS/c1-11-4-7-16(10-12(11)2)18-15-8-5-14(6-9-15)13(3)17/h4-10,13H,17H2,1-3H3/t13-/m0/s1. The van der Waals surface area contributed by atoms with Crippen molar-refractivity contribution < 1.29 is 0 Å². The van der Waals surface area contributed by atoms with Crippen LogP contribution in [0.1, 0.15) is 29.7 Å². The van der Waals surface area contributed by atoms with Crippen LogP contribution in [0.4, 0.5) is 0 Å². The predicted octanol–water partition coefficient (Wildman–Crippen LogP) is 4.47. The summed E-state index contributed by atoms with van der Waals surface area (Å²) in [7, 11) is 0. The van der Waals surface area contributed by atoms with E-state index in [1.165, 1.54) is 26.5 Å². The average Bonchev–Trinajstić information content (AvgIpc) is 2.34. The first kappa shape index (κ1) is 13.2. The summed E-state index contributed by atoms with van der Waals surface area (Å²) in [5.41, 5.74) is 9.71. The van der Waals surface area contributed by atoms with Crippen molar-refractivity contribution in [3.63, 3.8) is 0 Å². The fourth-order valence-corrected chi connectivity index (χ4v) is 2.67. The molecule has 0 aliphatic heterocycles. The molecule has 1 nitrogen and oxygen atoms in total. The van der Waals surface area contributed by atoms with Crippen molar-refractivity contribution in [2.24, 2.45) is 5.73 Å².